The Morgan fingerprint density at radius 3 is 2.61 bits per heavy atom. The largest absolute Gasteiger partial charge is 0.423 e. The van der Waals surface area contributed by atoms with Crippen LogP contribution in [-0.2, 0) is 0 Å². The number of hydrogen-bond donors (Lipinski definition) is 2. The molecule has 2 heterocycles. The summed E-state index contributed by atoms with van der Waals surface area (Å²) in [6.45, 7) is 5.71. The monoisotopic (exact) mass is 249 g/mol. The molecule has 1 amide bonds. The third-order valence-electron chi connectivity index (χ3n) is 2.41. The molecule has 2 N–H and O–H groups in total. The highest BCUT2D eigenvalue weighted by molar-refractivity contribution is 5.92. The van der Waals surface area contributed by atoms with Gasteiger partial charge in [0.1, 0.15) is 11.7 Å². The van der Waals surface area contributed by atoms with E-state index in [1.54, 1.807) is 6.92 Å². The van der Waals surface area contributed by atoms with E-state index in [1.807, 2.05) is 13.8 Å². The number of imidazole rings is 1. The molecule has 0 radical (unpaired) electrons. The quantitative estimate of drug-likeness (QED) is 0.853. The van der Waals surface area contributed by atoms with Crippen molar-refractivity contribution < 1.29 is 9.21 Å². The van der Waals surface area contributed by atoms with E-state index in [0.29, 0.717) is 17.5 Å². The van der Waals surface area contributed by atoms with Gasteiger partial charge < -0.3 is 14.7 Å². The number of H-pyrrole nitrogens is 1. The van der Waals surface area contributed by atoms with Gasteiger partial charge in [0, 0.05) is 5.92 Å². The lowest BCUT2D eigenvalue weighted by atomic mass is 10.2. The SMILES string of the molecule is CC(C)c1nnc([C@H](C)NC(=O)c2cnc[nH]2)o1. The number of amides is 1. The van der Waals surface area contributed by atoms with E-state index >= 15 is 0 Å². The van der Waals surface area contributed by atoms with Crippen LogP contribution < -0.4 is 5.32 Å². The lowest BCUT2D eigenvalue weighted by Gasteiger charge is -2.08. The summed E-state index contributed by atoms with van der Waals surface area (Å²) in [4.78, 5) is 18.3. The van der Waals surface area contributed by atoms with Crippen molar-refractivity contribution in [3.05, 3.63) is 30.0 Å². The van der Waals surface area contributed by atoms with Crippen molar-refractivity contribution in [3.63, 3.8) is 0 Å². The summed E-state index contributed by atoms with van der Waals surface area (Å²) in [5, 5.41) is 10.6. The van der Waals surface area contributed by atoms with Gasteiger partial charge in [-0.2, -0.15) is 0 Å². The van der Waals surface area contributed by atoms with Gasteiger partial charge in [-0.3, -0.25) is 4.79 Å². The van der Waals surface area contributed by atoms with Gasteiger partial charge in [0.25, 0.3) is 5.91 Å². The molecular formula is C11H15N5O2. The molecule has 0 aliphatic heterocycles. The third-order valence-corrected chi connectivity index (χ3v) is 2.41. The maximum absolute atomic E-state index is 11.8. The van der Waals surface area contributed by atoms with Gasteiger partial charge in [0.15, 0.2) is 0 Å². The second kappa shape index (κ2) is 4.99. The normalized spacial score (nSPS) is 12.7. The second-order valence-electron chi connectivity index (χ2n) is 4.29. The van der Waals surface area contributed by atoms with Gasteiger partial charge in [-0.25, -0.2) is 4.98 Å². The van der Waals surface area contributed by atoms with Crippen LogP contribution in [0.15, 0.2) is 16.9 Å². The highest BCUT2D eigenvalue weighted by Crippen LogP contribution is 2.16. The van der Waals surface area contributed by atoms with Crippen molar-refractivity contribution in [2.75, 3.05) is 0 Å². The van der Waals surface area contributed by atoms with Crippen molar-refractivity contribution >= 4 is 5.91 Å². The molecule has 2 aromatic rings. The fourth-order valence-electron chi connectivity index (χ4n) is 1.37. The number of nitrogens with one attached hydrogen (secondary N) is 2. The first-order chi connectivity index (χ1) is 8.58. The van der Waals surface area contributed by atoms with E-state index in [2.05, 4.69) is 25.5 Å². The lowest BCUT2D eigenvalue weighted by molar-refractivity contribution is 0.0929. The molecule has 0 spiro atoms. The van der Waals surface area contributed by atoms with Gasteiger partial charge in [0.05, 0.1) is 12.5 Å². The molecule has 2 rings (SSSR count). The lowest BCUT2D eigenvalue weighted by Crippen LogP contribution is -2.27. The van der Waals surface area contributed by atoms with Crippen LogP contribution in [0.1, 0.15) is 55.0 Å². The molecule has 0 fully saturated rings. The number of hydrogen-bond acceptors (Lipinski definition) is 5. The van der Waals surface area contributed by atoms with Crippen molar-refractivity contribution in [3.8, 4) is 0 Å². The van der Waals surface area contributed by atoms with Gasteiger partial charge in [-0.15, -0.1) is 10.2 Å². The molecule has 0 unspecified atom stereocenters. The predicted molar refractivity (Wildman–Crippen MR) is 62.9 cm³/mol. The van der Waals surface area contributed by atoms with Crippen molar-refractivity contribution in [2.45, 2.75) is 32.7 Å². The van der Waals surface area contributed by atoms with Gasteiger partial charge >= 0.3 is 0 Å². The molecule has 96 valence electrons. The molecule has 1 atom stereocenters. The standard InChI is InChI=1S/C11H15N5O2/c1-6(2)10-15-16-11(18-10)7(3)14-9(17)8-4-12-5-13-8/h4-7H,1-3H3,(H,12,13)(H,14,17)/t7-/m0/s1. The summed E-state index contributed by atoms with van der Waals surface area (Å²) in [5.41, 5.74) is 0.394. The van der Waals surface area contributed by atoms with Crippen molar-refractivity contribution in [1.29, 1.82) is 0 Å². The zero-order valence-electron chi connectivity index (χ0n) is 10.5. The first-order valence-corrected chi connectivity index (χ1v) is 5.70. The van der Waals surface area contributed by atoms with Gasteiger partial charge in [0.2, 0.25) is 11.8 Å². The predicted octanol–water partition coefficient (Wildman–Crippen LogP) is 1.41. The topological polar surface area (TPSA) is 96.7 Å². The number of carbonyl (C=O) groups excluding carboxylic acids is 1. The van der Waals surface area contributed by atoms with E-state index in [9.17, 15) is 4.79 Å². The average Bonchev–Trinajstić information content (AvgIpc) is 3.00. The number of rotatable bonds is 4. The molecular weight excluding hydrogens is 234 g/mol. The number of aromatic amines is 1. The zero-order valence-corrected chi connectivity index (χ0v) is 10.5. The van der Waals surface area contributed by atoms with Crippen LogP contribution in [0.5, 0.6) is 0 Å². The summed E-state index contributed by atoms with van der Waals surface area (Å²) in [5.74, 6) is 0.866. The smallest absolute Gasteiger partial charge is 0.269 e. The molecule has 0 aromatic carbocycles. The number of nitrogens with zero attached hydrogens (tertiary/aromatic N) is 3. The van der Waals surface area contributed by atoms with E-state index in [0.717, 1.165) is 0 Å². The van der Waals surface area contributed by atoms with E-state index in [-0.39, 0.29) is 17.9 Å². The second-order valence-corrected chi connectivity index (χ2v) is 4.29. The Bertz CT molecular complexity index is 517. The van der Waals surface area contributed by atoms with E-state index in [4.69, 9.17) is 4.42 Å². The zero-order chi connectivity index (χ0) is 13.1. The third kappa shape index (κ3) is 2.55. The first-order valence-electron chi connectivity index (χ1n) is 5.70. The van der Waals surface area contributed by atoms with Crippen LogP contribution in [0.2, 0.25) is 0 Å². The van der Waals surface area contributed by atoms with Crippen LogP contribution >= 0.6 is 0 Å². The Morgan fingerprint density at radius 1 is 1.33 bits per heavy atom. The van der Waals surface area contributed by atoms with Gasteiger partial charge in [-0.1, -0.05) is 13.8 Å². The fourth-order valence-corrected chi connectivity index (χ4v) is 1.37. The number of carbonyl (C=O) groups is 1. The molecule has 7 nitrogen and oxygen atoms in total. The van der Waals surface area contributed by atoms with Crippen molar-refractivity contribution in [1.82, 2.24) is 25.5 Å². The summed E-state index contributed by atoms with van der Waals surface area (Å²) < 4.78 is 5.46. The summed E-state index contributed by atoms with van der Waals surface area (Å²) in [7, 11) is 0. The van der Waals surface area contributed by atoms with E-state index < -0.39 is 0 Å². The Kier molecular flexibility index (Phi) is 3.40. The Hall–Kier alpha value is -2.18. The van der Waals surface area contributed by atoms with Crippen LogP contribution in [-0.4, -0.2) is 26.1 Å². The molecule has 0 saturated carbocycles. The van der Waals surface area contributed by atoms with E-state index in [1.165, 1.54) is 12.5 Å². The molecule has 0 aliphatic rings. The van der Waals surface area contributed by atoms with Crippen molar-refractivity contribution in [2.24, 2.45) is 0 Å². The highest BCUT2D eigenvalue weighted by Gasteiger charge is 2.18. The summed E-state index contributed by atoms with van der Waals surface area (Å²) >= 11 is 0. The Labute approximate surface area is 104 Å². The number of aromatic nitrogens is 4. The van der Waals surface area contributed by atoms with Gasteiger partial charge in [-0.05, 0) is 6.92 Å². The maximum Gasteiger partial charge on any atom is 0.269 e. The first kappa shape index (κ1) is 12.3. The minimum atomic E-state index is -0.346. The summed E-state index contributed by atoms with van der Waals surface area (Å²) in [6, 6.07) is -0.346. The molecule has 0 saturated heterocycles. The molecule has 2 aromatic heterocycles. The minimum absolute atomic E-state index is 0.168. The minimum Gasteiger partial charge on any atom is -0.423 e. The molecule has 0 aliphatic carbocycles. The average molecular weight is 249 g/mol. The fraction of sp³-hybridized carbons (Fsp3) is 0.455. The maximum atomic E-state index is 11.8. The molecule has 7 heteroatoms. The van der Waals surface area contributed by atoms with Crippen LogP contribution in [0, 0.1) is 0 Å². The van der Waals surface area contributed by atoms with Crippen LogP contribution in [0.3, 0.4) is 0 Å². The summed E-state index contributed by atoms with van der Waals surface area (Å²) in [6.07, 6.45) is 2.90. The molecule has 0 bridgehead atoms. The van der Waals surface area contributed by atoms with Crippen LogP contribution in [0.25, 0.3) is 0 Å². The molecule has 18 heavy (non-hydrogen) atoms. The van der Waals surface area contributed by atoms with Crippen LogP contribution in [0.4, 0.5) is 0 Å². The highest BCUT2D eigenvalue weighted by atomic mass is 16.4. The Morgan fingerprint density at radius 2 is 2.06 bits per heavy atom. The Balaban J connectivity index is 2.03.